The second kappa shape index (κ2) is 5.04. The predicted octanol–water partition coefficient (Wildman–Crippen LogP) is 5.05. The first-order valence-corrected chi connectivity index (χ1v) is 7.27. The maximum Gasteiger partial charge on any atom is 0.171 e. The predicted molar refractivity (Wildman–Crippen MR) is 76.9 cm³/mol. The second-order valence-electron chi connectivity index (χ2n) is 4.10. The van der Waals surface area contributed by atoms with Gasteiger partial charge in [0.25, 0.3) is 0 Å². The first kappa shape index (κ1) is 13.0. The molecule has 17 heavy (non-hydrogen) atoms. The first-order chi connectivity index (χ1) is 7.99. The molecule has 0 atom stereocenters. The highest BCUT2D eigenvalue weighted by Gasteiger charge is 2.15. The molecule has 0 saturated heterocycles. The van der Waals surface area contributed by atoms with E-state index in [4.69, 9.17) is 11.6 Å². The molecular formula is C12H12BrClN2S. The molecule has 0 aromatic carbocycles. The van der Waals surface area contributed by atoms with Crippen LogP contribution in [0.4, 0.5) is 0 Å². The summed E-state index contributed by atoms with van der Waals surface area (Å²) >= 11 is 11.2. The van der Waals surface area contributed by atoms with Crippen LogP contribution in [0.15, 0.2) is 16.6 Å². The standard InChI is InChI=1S/C12H12BrClN2S/c1-6(2)10-9(13)11(14)16-12(15-10)8-5-4-7(3)17-8/h4-6H,1-3H3. The van der Waals surface area contributed by atoms with E-state index >= 15 is 0 Å². The van der Waals surface area contributed by atoms with Crippen LogP contribution in [-0.2, 0) is 0 Å². The third-order valence-corrected chi connectivity index (χ3v) is 4.62. The molecule has 2 heterocycles. The van der Waals surface area contributed by atoms with Crippen molar-refractivity contribution in [2.75, 3.05) is 0 Å². The molecular weight excluding hydrogens is 320 g/mol. The van der Waals surface area contributed by atoms with Crippen LogP contribution in [0.3, 0.4) is 0 Å². The summed E-state index contributed by atoms with van der Waals surface area (Å²) in [6, 6.07) is 4.10. The fourth-order valence-corrected chi connectivity index (χ4v) is 3.10. The van der Waals surface area contributed by atoms with Crippen molar-refractivity contribution in [3.8, 4) is 10.7 Å². The number of hydrogen-bond acceptors (Lipinski definition) is 3. The van der Waals surface area contributed by atoms with Gasteiger partial charge in [-0.2, -0.15) is 0 Å². The Morgan fingerprint density at radius 1 is 1.29 bits per heavy atom. The highest BCUT2D eigenvalue weighted by atomic mass is 79.9. The van der Waals surface area contributed by atoms with Crippen LogP contribution in [0.2, 0.25) is 5.15 Å². The minimum atomic E-state index is 0.310. The minimum absolute atomic E-state index is 0.310. The van der Waals surface area contributed by atoms with E-state index in [1.807, 2.05) is 6.07 Å². The maximum absolute atomic E-state index is 6.13. The van der Waals surface area contributed by atoms with Gasteiger partial charge in [0, 0.05) is 4.88 Å². The lowest BCUT2D eigenvalue weighted by atomic mass is 10.1. The fourth-order valence-electron chi connectivity index (χ4n) is 1.48. The van der Waals surface area contributed by atoms with Gasteiger partial charge in [-0.3, -0.25) is 0 Å². The Morgan fingerprint density at radius 3 is 2.53 bits per heavy atom. The van der Waals surface area contributed by atoms with Gasteiger partial charge in [-0.05, 0) is 40.9 Å². The highest BCUT2D eigenvalue weighted by molar-refractivity contribution is 9.10. The average Bonchev–Trinajstić information content (AvgIpc) is 2.68. The quantitative estimate of drug-likeness (QED) is 0.719. The zero-order valence-electron chi connectivity index (χ0n) is 9.79. The van der Waals surface area contributed by atoms with E-state index in [0.29, 0.717) is 16.9 Å². The van der Waals surface area contributed by atoms with Crippen molar-refractivity contribution in [3.63, 3.8) is 0 Å². The van der Waals surface area contributed by atoms with Crippen LogP contribution in [0.1, 0.15) is 30.3 Å². The number of aromatic nitrogens is 2. The average molecular weight is 332 g/mol. The van der Waals surface area contributed by atoms with Crippen molar-refractivity contribution in [3.05, 3.63) is 32.3 Å². The van der Waals surface area contributed by atoms with E-state index in [0.717, 1.165) is 15.0 Å². The molecule has 0 aliphatic heterocycles. The Bertz CT molecular complexity index is 551. The van der Waals surface area contributed by atoms with Gasteiger partial charge in [0.1, 0.15) is 5.15 Å². The van der Waals surface area contributed by atoms with E-state index in [2.05, 4.69) is 52.7 Å². The van der Waals surface area contributed by atoms with Crippen molar-refractivity contribution >= 4 is 38.9 Å². The van der Waals surface area contributed by atoms with Crippen molar-refractivity contribution in [2.45, 2.75) is 26.7 Å². The number of aryl methyl sites for hydroxylation is 1. The molecule has 0 saturated carbocycles. The summed E-state index contributed by atoms with van der Waals surface area (Å²) in [6.07, 6.45) is 0. The molecule has 0 amide bonds. The van der Waals surface area contributed by atoms with E-state index in [9.17, 15) is 0 Å². The monoisotopic (exact) mass is 330 g/mol. The van der Waals surface area contributed by atoms with Gasteiger partial charge in [-0.15, -0.1) is 11.3 Å². The summed E-state index contributed by atoms with van der Waals surface area (Å²) in [5.74, 6) is 1.02. The molecule has 0 bridgehead atoms. The molecule has 2 nitrogen and oxygen atoms in total. The SMILES string of the molecule is Cc1ccc(-c2nc(Cl)c(Br)c(C(C)C)n2)s1. The molecule has 0 aliphatic rings. The Morgan fingerprint density at radius 2 is 2.00 bits per heavy atom. The molecule has 0 radical (unpaired) electrons. The normalized spacial score (nSPS) is 11.2. The molecule has 0 fully saturated rings. The van der Waals surface area contributed by atoms with E-state index < -0.39 is 0 Å². The lowest BCUT2D eigenvalue weighted by Crippen LogP contribution is -1.99. The largest absolute Gasteiger partial charge is 0.231 e. The summed E-state index contributed by atoms with van der Waals surface area (Å²) < 4.78 is 0.797. The topological polar surface area (TPSA) is 25.8 Å². The summed E-state index contributed by atoms with van der Waals surface area (Å²) in [4.78, 5) is 11.2. The van der Waals surface area contributed by atoms with Gasteiger partial charge in [0.05, 0.1) is 15.0 Å². The smallest absolute Gasteiger partial charge is 0.171 e. The van der Waals surface area contributed by atoms with Gasteiger partial charge in [-0.1, -0.05) is 25.4 Å². The van der Waals surface area contributed by atoms with Crippen LogP contribution >= 0.6 is 38.9 Å². The Balaban J connectivity index is 2.56. The summed E-state index contributed by atoms with van der Waals surface area (Å²) in [7, 11) is 0. The zero-order valence-corrected chi connectivity index (χ0v) is 12.9. The number of halogens is 2. The van der Waals surface area contributed by atoms with Crippen molar-refractivity contribution in [2.24, 2.45) is 0 Å². The molecule has 90 valence electrons. The molecule has 0 aliphatic carbocycles. The molecule has 0 spiro atoms. The number of rotatable bonds is 2. The van der Waals surface area contributed by atoms with E-state index in [-0.39, 0.29) is 0 Å². The first-order valence-electron chi connectivity index (χ1n) is 5.28. The van der Waals surface area contributed by atoms with Crippen LogP contribution in [-0.4, -0.2) is 9.97 Å². The Hall–Kier alpha value is -0.450. The number of hydrogen-bond donors (Lipinski definition) is 0. The summed E-state index contributed by atoms with van der Waals surface area (Å²) in [5.41, 5.74) is 0.950. The summed E-state index contributed by atoms with van der Waals surface area (Å²) in [6.45, 7) is 6.25. The molecule has 2 aromatic heterocycles. The maximum atomic E-state index is 6.13. The van der Waals surface area contributed by atoms with E-state index in [1.54, 1.807) is 11.3 Å². The van der Waals surface area contributed by atoms with Crippen molar-refractivity contribution in [1.82, 2.24) is 9.97 Å². The van der Waals surface area contributed by atoms with E-state index in [1.165, 1.54) is 4.88 Å². The lowest BCUT2D eigenvalue weighted by molar-refractivity contribution is 0.810. The lowest BCUT2D eigenvalue weighted by Gasteiger charge is -2.09. The second-order valence-corrected chi connectivity index (χ2v) is 6.54. The van der Waals surface area contributed by atoms with Gasteiger partial charge in [0.15, 0.2) is 5.82 Å². The van der Waals surface area contributed by atoms with Crippen LogP contribution < -0.4 is 0 Å². The third kappa shape index (κ3) is 2.69. The summed E-state index contributed by atoms with van der Waals surface area (Å²) in [5, 5.41) is 0.477. The van der Waals surface area contributed by atoms with Gasteiger partial charge >= 0.3 is 0 Å². The molecule has 0 N–H and O–H groups in total. The van der Waals surface area contributed by atoms with Crippen LogP contribution in [0.5, 0.6) is 0 Å². The fraction of sp³-hybridized carbons (Fsp3) is 0.333. The molecule has 2 rings (SSSR count). The Labute approximate surface area is 118 Å². The Kier molecular flexibility index (Phi) is 3.85. The van der Waals surface area contributed by atoms with Gasteiger partial charge in [0.2, 0.25) is 0 Å². The molecule has 2 aromatic rings. The minimum Gasteiger partial charge on any atom is -0.231 e. The van der Waals surface area contributed by atoms with Crippen molar-refractivity contribution < 1.29 is 0 Å². The molecule has 5 heteroatoms. The van der Waals surface area contributed by atoms with Crippen LogP contribution in [0, 0.1) is 6.92 Å². The number of thiophene rings is 1. The highest BCUT2D eigenvalue weighted by Crippen LogP contribution is 2.33. The third-order valence-electron chi connectivity index (χ3n) is 2.34. The number of nitrogens with zero attached hydrogens (tertiary/aromatic N) is 2. The van der Waals surface area contributed by atoms with Crippen LogP contribution in [0.25, 0.3) is 10.7 Å². The molecule has 0 unspecified atom stereocenters. The van der Waals surface area contributed by atoms with Gasteiger partial charge < -0.3 is 0 Å². The zero-order chi connectivity index (χ0) is 12.6. The van der Waals surface area contributed by atoms with Gasteiger partial charge in [-0.25, -0.2) is 9.97 Å². The van der Waals surface area contributed by atoms with Crippen molar-refractivity contribution in [1.29, 1.82) is 0 Å².